The summed E-state index contributed by atoms with van der Waals surface area (Å²) in [5.74, 6) is -0.247. The molecule has 0 bridgehead atoms. The van der Waals surface area contributed by atoms with E-state index < -0.39 is 0 Å². The second kappa shape index (κ2) is 6.61. The van der Waals surface area contributed by atoms with Gasteiger partial charge in [0.2, 0.25) is 0 Å². The van der Waals surface area contributed by atoms with Crippen molar-refractivity contribution in [2.24, 2.45) is 7.05 Å². The fourth-order valence-electron chi connectivity index (χ4n) is 4.08. The number of ether oxygens (including phenoxy) is 1. The van der Waals surface area contributed by atoms with Gasteiger partial charge in [0.05, 0.1) is 23.0 Å². The third kappa shape index (κ3) is 2.71. The van der Waals surface area contributed by atoms with Gasteiger partial charge in [-0.05, 0) is 43.5 Å². The molecule has 0 amide bonds. The summed E-state index contributed by atoms with van der Waals surface area (Å²) in [5, 5.41) is 2.31. The van der Waals surface area contributed by atoms with Gasteiger partial charge in [0.15, 0.2) is 0 Å². The Morgan fingerprint density at radius 1 is 1.11 bits per heavy atom. The number of esters is 1. The number of allylic oxidation sites excluding steroid dienone is 1. The molecule has 27 heavy (non-hydrogen) atoms. The summed E-state index contributed by atoms with van der Waals surface area (Å²) in [6.45, 7) is 6.26. The summed E-state index contributed by atoms with van der Waals surface area (Å²) in [4.78, 5) is 12.8. The van der Waals surface area contributed by atoms with Gasteiger partial charge in [0.1, 0.15) is 0 Å². The molecule has 0 aliphatic carbocycles. The van der Waals surface area contributed by atoms with Gasteiger partial charge in [-0.25, -0.2) is 4.79 Å². The van der Waals surface area contributed by atoms with Crippen molar-refractivity contribution in [3.63, 3.8) is 0 Å². The Balaban J connectivity index is 2.01. The van der Waals surface area contributed by atoms with E-state index in [9.17, 15) is 4.79 Å². The van der Waals surface area contributed by atoms with Crippen molar-refractivity contribution in [1.82, 2.24) is 4.57 Å². The molecule has 138 valence electrons. The number of rotatable bonds is 2. The highest BCUT2D eigenvalue weighted by molar-refractivity contribution is 7.99. The highest BCUT2D eigenvalue weighted by Crippen LogP contribution is 2.53. The number of hydrogen-bond donors (Lipinski definition) is 0. The first-order chi connectivity index (χ1) is 12.9. The molecule has 1 unspecified atom stereocenters. The molecule has 0 spiro atoms. The largest absolute Gasteiger partial charge is 0.466 e. The van der Waals surface area contributed by atoms with E-state index in [1.54, 1.807) is 11.8 Å². The normalized spacial score (nSPS) is 16.6. The van der Waals surface area contributed by atoms with E-state index in [1.165, 1.54) is 39.7 Å². The molecule has 0 saturated carbocycles. The first kappa shape index (κ1) is 17.9. The molecule has 1 aromatic heterocycles. The van der Waals surface area contributed by atoms with Gasteiger partial charge in [-0.1, -0.05) is 53.7 Å². The minimum Gasteiger partial charge on any atom is -0.466 e. The van der Waals surface area contributed by atoms with Crippen LogP contribution in [0.5, 0.6) is 0 Å². The molecule has 4 rings (SSSR count). The highest BCUT2D eigenvalue weighted by atomic mass is 32.2. The summed E-state index contributed by atoms with van der Waals surface area (Å²) in [6, 6.07) is 14.8. The fourth-order valence-corrected chi connectivity index (χ4v) is 5.72. The zero-order valence-corrected chi connectivity index (χ0v) is 17.1. The van der Waals surface area contributed by atoms with E-state index in [-0.39, 0.29) is 11.2 Å². The number of benzene rings is 2. The number of aryl methyl sites for hydroxylation is 3. The first-order valence-electron chi connectivity index (χ1n) is 9.04. The standard InChI is InChI=1S/C23H23NO2S/c1-13-10-11-16(14(2)12-13)21-20(23(25)26-5)15(3)19-17-8-6-7-9-18(17)24(4)22(19)27-21/h6-12,21H,1-5H3. The summed E-state index contributed by atoms with van der Waals surface area (Å²) in [6.07, 6.45) is 0. The van der Waals surface area contributed by atoms with Crippen LogP contribution in [-0.2, 0) is 16.6 Å². The number of carbonyl (C=O) groups excluding carboxylic acids is 1. The van der Waals surface area contributed by atoms with Gasteiger partial charge in [-0.2, -0.15) is 0 Å². The van der Waals surface area contributed by atoms with Crippen molar-refractivity contribution in [2.45, 2.75) is 31.0 Å². The first-order valence-corrected chi connectivity index (χ1v) is 9.92. The maximum Gasteiger partial charge on any atom is 0.335 e. The Morgan fingerprint density at radius 3 is 2.56 bits per heavy atom. The summed E-state index contributed by atoms with van der Waals surface area (Å²) in [7, 11) is 3.56. The smallest absolute Gasteiger partial charge is 0.335 e. The van der Waals surface area contributed by atoms with Crippen molar-refractivity contribution in [1.29, 1.82) is 0 Å². The Morgan fingerprint density at radius 2 is 1.85 bits per heavy atom. The SMILES string of the molecule is COC(=O)C1=C(C)c2c(n(C)c3ccccc23)SC1c1ccc(C)cc1C. The van der Waals surface area contributed by atoms with Crippen LogP contribution in [0.1, 0.15) is 34.4 Å². The Kier molecular flexibility index (Phi) is 4.39. The minimum atomic E-state index is -0.247. The van der Waals surface area contributed by atoms with Crippen LogP contribution in [-0.4, -0.2) is 17.6 Å². The van der Waals surface area contributed by atoms with E-state index in [0.717, 1.165) is 16.7 Å². The predicted octanol–water partition coefficient (Wildman–Crippen LogP) is 5.59. The third-order valence-electron chi connectivity index (χ3n) is 5.44. The van der Waals surface area contributed by atoms with Crippen LogP contribution in [0.4, 0.5) is 0 Å². The molecular weight excluding hydrogens is 354 g/mol. The number of carbonyl (C=O) groups is 1. The molecule has 3 nitrogen and oxygen atoms in total. The fraction of sp³-hybridized carbons (Fsp3) is 0.261. The predicted molar refractivity (Wildman–Crippen MR) is 112 cm³/mol. The van der Waals surface area contributed by atoms with E-state index in [2.05, 4.69) is 67.9 Å². The molecule has 1 aliphatic rings. The number of thioether (sulfide) groups is 1. The molecule has 1 atom stereocenters. The van der Waals surface area contributed by atoms with Crippen LogP contribution in [0.2, 0.25) is 0 Å². The van der Waals surface area contributed by atoms with Crippen LogP contribution in [0, 0.1) is 13.8 Å². The lowest BCUT2D eigenvalue weighted by molar-refractivity contribution is -0.136. The highest BCUT2D eigenvalue weighted by Gasteiger charge is 2.35. The molecule has 0 fully saturated rings. The van der Waals surface area contributed by atoms with Crippen LogP contribution in [0.25, 0.3) is 16.5 Å². The number of aromatic nitrogens is 1. The van der Waals surface area contributed by atoms with E-state index in [1.807, 2.05) is 6.92 Å². The molecule has 4 heteroatoms. The average Bonchev–Trinajstić information content (AvgIpc) is 2.94. The van der Waals surface area contributed by atoms with Crippen molar-refractivity contribution in [3.8, 4) is 0 Å². The summed E-state index contributed by atoms with van der Waals surface area (Å²) < 4.78 is 7.43. The van der Waals surface area contributed by atoms with Crippen LogP contribution in [0.15, 0.2) is 53.1 Å². The maximum atomic E-state index is 12.8. The quantitative estimate of drug-likeness (QED) is 0.546. The summed E-state index contributed by atoms with van der Waals surface area (Å²) >= 11 is 1.74. The molecule has 0 saturated heterocycles. The number of hydrogen-bond acceptors (Lipinski definition) is 3. The molecular formula is C23H23NO2S. The molecule has 0 N–H and O–H groups in total. The van der Waals surface area contributed by atoms with Crippen LogP contribution in [0.3, 0.4) is 0 Å². The number of methoxy groups -OCH3 is 1. The molecule has 2 aromatic carbocycles. The minimum absolute atomic E-state index is 0.0754. The lowest BCUT2D eigenvalue weighted by Gasteiger charge is -2.28. The third-order valence-corrected chi connectivity index (χ3v) is 6.86. The zero-order chi connectivity index (χ0) is 19.3. The van der Waals surface area contributed by atoms with Gasteiger partial charge < -0.3 is 9.30 Å². The topological polar surface area (TPSA) is 31.2 Å². The van der Waals surface area contributed by atoms with Gasteiger partial charge in [-0.15, -0.1) is 0 Å². The monoisotopic (exact) mass is 377 g/mol. The van der Waals surface area contributed by atoms with Gasteiger partial charge in [0, 0.05) is 23.5 Å². The Labute approximate surface area is 164 Å². The average molecular weight is 378 g/mol. The van der Waals surface area contributed by atoms with Crippen LogP contribution < -0.4 is 0 Å². The number of fused-ring (bicyclic) bond motifs is 3. The molecule has 3 aromatic rings. The molecule has 0 radical (unpaired) electrons. The molecule has 1 aliphatic heterocycles. The van der Waals surface area contributed by atoms with E-state index in [4.69, 9.17) is 4.74 Å². The maximum absolute atomic E-state index is 12.8. The lowest BCUT2D eigenvalue weighted by Crippen LogP contribution is -2.17. The van der Waals surface area contributed by atoms with Crippen molar-refractivity contribution < 1.29 is 9.53 Å². The second-order valence-corrected chi connectivity index (χ2v) is 8.24. The molecule has 2 heterocycles. The van der Waals surface area contributed by atoms with E-state index in [0.29, 0.717) is 0 Å². The van der Waals surface area contributed by atoms with Crippen molar-refractivity contribution >= 4 is 34.2 Å². The Hall–Kier alpha value is -2.46. The van der Waals surface area contributed by atoms with Gasteiger partial charge in [0.25, 0.3) is 0 Å². The zero-order valence-electron chi connectivity index (χ0n) is 16.3. The van der Waals surface area contributed by atoms with Gasteiger partial charge in [-0.3, -0.25) is 0 Å². The van der Waals surface area contributed by atoms with E-state index >= 15 is 0 Å². The summed E-state index contributed by atoms with van der Waals surface area (Å²) in [5.41, 5.74) is 7.68. The van der Waals surface area contributed by atoms with Crippen molar-refractivity contribution in [3.05, 3.63) is 70.3 Å². The number of para-hydroxylation sites is 1. The Bertz CT molecular complexity index is 1110. The second-order valence-electron chi connectivity index (χ2n) is 7.14. The number of nitrogens with zero attached hydrogens (tertiary/aromatic N) is 1. The van der Waals surface area contributed by atoms with Crippen molar-refractivity contribution in [2.75, 3.05) is 7.11 Å². The van der Waals surface area contributed by atoms with Crippen LogP contribution >= 0.6 is 11.8 Å². The lowest BCUT2D eigenvalue weighted by atomic mass is 9.92. The van der Waals surface area contributed by atoms with Gasteiger partial charge >= 0.3 is 5.97 Å².